The van der Waals surface area contributed by atoms with Crippen LogP contribution in [0.25, 0.3) is 0 Å². The summed E-state index contributed by atoms with van der Waals surface area (Å²) < 4.78 is 33.9. The molecule has 0 aliphatic carbocycles. The molecule has 7 nitrogen and oxygen atoms in total. The number of piperazine rings is 1. The Hall–Kier alpha value is -3.52. The van der Waals surface area contributed by atoms with E-state index in [-0.39, 0.29) is 17.3 Å². The SMILES string of the molecule is COc1ccccc1N1CCN(C(=O)CN(c2cccc(C)c2)S(=O)(=O)c2ccc(C)cc2)CC1. The fourth-order valence-electron chi connectivity index (χ4n) is 4.25. The van der Waals surface area contributed by atoms with Gasteiger partial charge in [0.05, 0.1) is 23.4 Å². The largest absolute Gasteiger partial charge is 0.495 e. The van der Waals surface area contributed by atoms with E-state index in [1.165, 1.54) is 4.31 Å². The van der Waals surface area contributed by atoms with Gasteiger partial charge in [0.15, 0.2) is 0 Å². The molecule has 4 rings (SSSR count). The van der Waals surface area contributed by atoms with Gasteiger partial charge in [0.2, 0.25) is 5.91 Å². The molecule has 0 N–H and O–H groups in total. The molecule has 1 saturated heterocycles. The van der Waals surface area contributed by atoms with Crippen LogP contribution in [0.3, 0.4) is 0 Å². The van der Waals surface area contributed by atoms with Gasteiger partial charge in [-0.05, 0) is 55.8 Å². The highest BCUT2D eigenvalue weighted by Crippen LogP contribution is 2.29. The van der Waals surface area contributed by atoms with E-state index in [1.807, 2.05) is 44.2 Å². The number of rotatable bonds is 7. The maximum atomic E-state index is 13.6. The van der Waals surface area contributed by atoms with Crippen molar-refractivity contribution in [3.8, 4) is 5.75 Å². The second-order valence-corrected chi connectivity index (χ2v) is 10.6. The van der Waals surface area contributed by atoms with Gasteiger partial charge in [-0.1, -0.05) is 42.0 Å². The van der Waals surface area contributed by atoms with E-state index in [1.54, 1.807) is 54.5 Å². The number of hydrogen-bond acceptors (Lipinski definition) is 5. The number of para-hydroxylation sites is 2. The van der Waals surface area contributed by atoms with Gasteiger partial charge in [-0.25, -0.2) is 8.42 Å². The Morgan fingerprint density at radius 1 is 0.886 bits per heavy atom. The first-order valence-electron chi connectivity index (χ1n) is 11.6. The third kappa shape index (κ3) is 5.43. The Morgan fingerprint density at radius 2 is 1.57 bits per heavy atom. The first-order chi connectivity index (χ1) is 16.8. The number of ether oxygens (including phenoxy) is 1. The minimum absolute atomic E-state index is 0.165. The normalized spacial score (nSPS) is 14.0. The molecule has 0 radical (unpaired) electrons. The summed E-state index contributed by atoms with van der Waals surface area (Å²) in [6.45, 7) is 5.84. The Balaban J connectivity index is 1.54. The summed E-state index contributed by atoms with van der Waals surface area (Å²) in [6, 6.07) is 21.7. The van der Waals surface area contributed by atoms with E-state index in [0.29, 0.717) is 31.9 Å². The molecule has 35 heavy (non-hydrogen) atoms. The molecule has 0 bridgehead atoms. The smallest absolute Gasteiger partial charge is 0.264 e. The number of anilines is 2. The summed E-state index contributed by atoms with van der Waals surface area (Å²) in [7, 11) is -2.28. The number of nitrogens with zero attached hydrogens (tertiary/aromatic N) is 3. The molecular formula is C27H31N3O4S. The summed E-state index contributed by atoms with van der Waals surface area (Å²) >= 11 is 0. The lowest BCUT2D eigenvalue weighted by atomic mass is 10.2. The van der Waals surface area contributed by atoms with Crippen LogP contribution in [-0.4, -0.2) is 59.1 Å². The lowest BCUT2D eigenvalue weighted by Crippen LogP contribution is -2.52. The first kappa shape index (κ1) is 24.6. The highest BCUT2D eigenvalue weighted by Gasteiger charge is 2.30. The standard InChI is InChI=1S/C27H31N3O4S/c1-21-11-13-24(14-12-21)35(32,33)30(23-8-6-7-22(2)19-23)20-27(31)29-17-15-28(16-18-29)25-9-4-5-10-26(25)34-3/h4-14,19H,15-18,20H2,1-3H3. The van der Waals surface area contributed by atoms with Crippen molar-refractivity contribution < 1.29 is 17.9 Å². The molecule has 8 heteroatoms. The van der Waals surface area contributed by atoms with Crippen molar-refractivity contribution in [1.82, 2.24) is 4.90 Å². The van der Waals surface area contributed by atoms with Crippen LogP contribution in [-0.2, 0) is 14.8 Å². The molecule has 0 saturated carbocycles. The average molecular weight is 494 g/mol. The van der Waals surface area contributed by atoms with E-state index >= 15 is 0 Å². The van der Waals surface area contributed by atoms with E-state index in [4.69, 9.17) is 4.74 Å². The predicted octanol–water partition coefficient (Wildman–Crippen LogP) is 3.86. The number of carbonyl (C=O) groups is 1. The summed E-state index contributed by atoms with van der Waals surface area (Å²) in [5.74, 6) is 0.573. The molecule has 1 amide bonds. The van der Waals surface area contributed by atoms with Crippen LogP contribution in [0.4, 0.5) is 11.4 Å². The highest BCUT2D eigenvalue weighted by atomic mass is 32.2. The minimum atomic E-state index is -3.93. The molecule has 0 spiro atoms. The zero-order valence-electron chi connectivity index (χ0n) is 20.3. The molecule has 0 aromatic heterocycles. The number of aryl methyl sites for hydroxylation is 2. The van der Waals surface area contributed by atoms with Gasteiger partial charge < -0.3 is 14.5 Å². The van der Waals surface area contributed by atoms with E-state index in [9.17, 15) is 13.2 Å². The van der Waals surface area contributed by atoms with Crippen LogP contribution in [0.15, 0.2) is 77.7 Å². The molecule has 0 unspecified atom stereocenters. The Morgan fingerprint density at radius 3 is 2.23 bits per heavy atom. The molecule has 1 aliphatic heterocycles. The highest BCUT2D eigenvalue weighted by molar-refractivity contribution is 7.92. The van der Waals surface area contributed by atoms with Crippen molar-refractivity contribution in [3.63, 3.8) is 0 Å². The topological polar surface area (TPSA) is 70.2 Å². The molecule has 184 valence electrons. The summed E-state index contributed by atoms with van der Waals surface area (Å²) in [4.78, 5) is 17.4. The number of carbonyl (C=O) groups excluding carboxylic acids is 1. The minimum Gasteiger partial charge on any atom is -0.495 e. The Bertz CT molecular complexity index is 1280. The average Bonchev–Trinajstić information content (AvgIpc) is 2.87. The van der Waals surface area contributed by atoms with E-state index in [0.717, 1.165) is 22.6 Å². The molecule has 1 fully saturated rings. The second-order valence-electron chi connectivity index (χ2n) is 8.70. The van der Waals surface area contributed by atoms with Crippen molar-refractivity contribution in [2.45, 2.75) is 18.7 Å². The quantitative estimate of drug-likeness (QED) is 0.500. The fourth-order valence-corrected chi connectivity index (χ4v) is 5.65. The third-order valence-electron chi connectivity index (χ3n) is 6.24. The van der Waals surface area contributed by atoms with Crippen molar-refractivity contribution in [1.29, 1.82) is 0 Å². The van der Waals surface area contributed by atoms with Crippen LogP contribution in [0.2, 0.25) is 0 Å². The third-order valence-corrected chi connectivity index (χ3v) is 8.02. The molecular weight excluding hydrogens is 462 g/mol. The van der Waals surface area contributed by atoms with Gasteiger partial charge in [-0.2, -0.15) is 0 Å². The van der Waals surface area contributed by atoms with Gasteiger partial charge in [-0.3, -0.25) is 9.10 Å². The monoisotopic (exact) mass is 493 g/mol. The number of amides is 1. The van der Waals surface area contributed by atoms with Crippen molar-refractivity contribution in [2.24, 2.45) is 0 Å². The number of hydrogen-bond donors (Lipinski definition) is 0. The number of benzene rings is 3. The molecule has 3 aromatic carbocycles. The fraction of sp³-hybridized carbons (Fsp3) is 0.296. The summed E-state index contributed by atoms with van der Waals surface area (Å²) in [5.41, 5.74) is 3.36. The van der Waals surface area contributed by atoms with Crippen LogP contribution in [0.1, 0.15) is 11.1 Å². The van der Waals surface area contributed by atoms with Crippen LogP contribution >= 0.6 is 0 Å². The van der Waals surface area contributed by atoms with Crippen LogP contribution in [0.5, 0.6) is 5.75 Å². The Labute approximate surface area is 207 Å². The zero-order valence-corrected chi connectivity index (χ0v) is 21.2. The summed E-state index contributed by atoms with van der Waals surface area (Å²) in [5, 5.41) is 0. The van der Waals surface area contributed by atoms with Crippen molar-refractivity contribution in [2.75, 3.05) is 49.0 Å². The van der Waals surface area contributed by atoms with Gasteiger partial charge in [0.1, 0.15) is 12.3 Å². The maximum Gasteiger partial charge on any atom is 0.264 e. The number of methoxy groups -OCH3 is 1. The van der Waals surface area contributed by atoms with Gasteiger partial charge in [-0.15, -0.1) is 0 Å². The predicted molar refractivity (Wildman–Crippen MR) is 139 cm³/mol. The van der Waals surface area contributed by atoms with Crippen LogP contribution < -0.4 is 13.9 Å². The molecule has 0 atom stereocenters. The molecule has 1 heterocycles. The first-order valence-corrected chi connectivity index (χ1v) is 13.1. The lowest BCUT2D eigenvalue weighted by molar-refractivity contribution is -0.129. The maximum absolute atomic E-state index is 13.6. The Kier molecular flexibility index (Phi) is 7.31. The number of sulfonamides is 1. The zero-order chi connectivity index (χ0) is 25.0. The summed E-state index contributed by atoms with van der Waals surface area (Å²) in [6.07, 6.45) is 0. The van der Waals surface area contributed by atoms with E-state index in [2.05, 4.69) is 4.90 Å². The van der Waals surface area contributed by atoms with Gasteiger partial charge in [0.25, 0.3) is 10.0 Å². The molecule has 1 aliphatic rings. The van der Waals surface area contributed by atoms with Gasteiger partial charge in [0, 0.05) is 26.2 Å². The van der Waals surface area contributed by atoms with Crippen LogP contribution in [0, 0.1) is 13.8 Å². The lowest BCUT2D eigenvalue weighted by Gasteiger charge is -2.37. The van der Waals surface area contributed by atoms with Gasteiger partial charge >= 0.3 is 0 Å². The van der Waals surface area contributed by atoms with Crippen molar-refractivity contribution in [3.05, 3.63) is 83.9 Å². The van der Waals surface area contributed by atoms with E-state index < -0.39 is 10.0 Å². The molecule has 3 aromatic rings. The second kappa shape index (κ2) is 10.4. The van der Waals surface area contributed by atoms with Crippen molar-refractivity contribution >= 4 is 27.3 Å².